The minimum absolute atomic E-state index is 0.0795. The van der Waals surface area contributed by atoms with Crippen LogP contribution >= 0.6 is 0 Å². The van der Waals surface area contributed by atoms with E-state index in [4.69, 9.17) is 0 Å². The molecular weight excluding hydrogens is 316 g/mol. The lowest BCUT2D eigenvalue weighted by atomic mass is 9.94. The van der Waals surface area contributed by atoms with Crippen molar-refractivity contribution in [2.75, 3.05) is 24.6 Å². The number of rotatable bonds is 8. The van der Waals surface area contributed by atoms with Crippen molar-refractivity contribution >= 4 is 17.5 Å². The van der Waals surface area contributed by atoms with Crippen LogP contribution in [0.1, 0.15) is 55.5 Å². The summed E-state index contributed by atoms with van der Waals surface area (Å²) in [6.45, 7) is 7.57. The van der Waals surface area contributed by atoms with Crippen molar-refractivity contribution < 1.29 is 14.7 Å². The van der Waals surface area contributed by atoms with E-state index >= 15 is 0 Å². The summed E-state index contributed by atoms with van der Waals surface area (Å²) in [5, 5.41) is 12.2. The van der Waals surface area contributed by atoms with E-state index in [0.29, 0.717) is 43.1 Å². The van der Waals surface area contributed by atoms with Gasteiger partial charge in [0, 0.05) is 26.1 Å². The van der Waals surface area contributed by atoms with E-state index in [-0.39, 0.29) is 24.3 Å². The maximum absolute atomic E-state index is 12.8. The van der Waals surface area contributed by atoms with E-state index in [9.17, 15) is 14.7 Å². The number of aliphatic hydroxyl groups is 1. The number of carbonyl (C=O) groups excluding carboxylic acids is 2. The number of aryl methyl sites for hydroxylation is 1. The Kier molecular flexibility index (Phi) is 7.00. The summed E-state index contributed by atoms with van der Waals surface area (Å²) in [6, 6.07) is 5.65. The molecular formula is C20H30N2O3. The van der Waals surface area contributed by atoms with Crippen molar-refractivity contribution in [3.63, 3.8) is 0 Å². The molecule has 1 atom stereocenters. The fourth-order valence-corrected chi connectivity index (χ4v) is 3.45. The Balaban J connectivity index is 2.12. The molecule has 25 heavy (non-hydrogen) atoms. The molecule has 0 radical (unpaired) electrons. The summed E-state index contributed by atoms with van der Waals surface area (Å²) in [5.74, 6) is 0.710. The number of benzene rings is 1. The number of nitrogens with zero attached hydrogens (tertiary/aromatic N) is 1. The molecule has 0 aromatic heterocycles. The van der Waals surface area contributed by atoms with Crippen LogP contribution in [-0.2, 0) is 4.79 Å². The number of aliphatic hydroxyl groups excluding tert-OH is 1. The van der Waals surface area contributed by atoms with Crippen LogP contribution in [0.4, 0.5) is 5.69 Å². The second kappa shape index (κ2) is 8.99. The van der Waals surface area contributed by atoms with Crippen molar-refractivity contribution in [2.24, 2.45) is 11.8 Å². The van der Waals surface area contributed by atoms with Gasteiger partial charge in [0.15, 0.2) is 0 Å². The van der Waals surface area contributed by atoms with Crippen molar-refractivity contribution in [3.8, 4) is 0 Å². The third kappa shape index (κ3) is 5.30. The number of amides is 2. The van der Waals surface area contributed by atoms with Crippen LogP contribution in [0.5, 0.6) is 0 Å². The molecule has 1 saturated heterocycles. The fourth-order valence-electron chi connectivity index (χ4n) is 3.45. The highest BCUT2D eigenvalue weighted by Gasteiger charge is 2.26. The largest absolute Gasteiger partial charge is 0.396 e. The molecule has 1 fully saturated rings. The zero-order valence-electron chi connectivity index (χ0n) is 15.5. The highest BCUT2D eigenvalue weighted by molar-refractivity contribution is 6.05. The van der Waals surface area contributed by atoms with Gasteiger partial charge in [-0.15, -0.1) is 0 Å². The molecule has 138 valence electrons. The van der Waals surface area contributed by atoms with Crippen LogP contribution in [-0.4, -0.2) is 36.6 Å². The first-order chi connectivity index (χ1) is 11.9. The van der Waals surface area contributed by atoms with E-state index in [1.807, 2.05) is 25.1 Å². The summed E-state index contributed by atoms with van der Waals surface area (Å²) in [6.07, 6.45) is 3.03. The summed E-state index contributed by atoms with van der Waals surface area (Å²) < 4.78 is 0. The predicted molar refractivity (Wildman–Crippen MR) is 99.7 cm³/mol. The maximum Gasteiger partial charge on any atom is 0.253 e. The van der Waals surface area contributed by atoms with Gasteiger partial charge in [0.2, 0.25) is 5.91 Å². The van der Waals surface area contributed by atoms with Gasteiger partial charge in [-0.2, -0.15) is 0 Å². The Labute approximate surface area is 150 Å². The molecule has 2 amide bonds. The first-order valence-electron chi connectivity index (χ1n) is 9.22. The molecule has 5 nitrogen and oxygen atoms in total. The SMILES string of the molecule is Cc1ccc(N2CCCC2=O)c(C(=O)NCC(CCO)CC(C)C)c1. The average molecular weight is 346 g/mol. The van der Waals surface area contributed by atoms with E-state index in [1.165, 1.54) is 0 Å². The zero-order valence-corrected chi connectivity index (χ0v) is 15.5. The minimum Gasteiger partial charge on any atom is -0.396 e. The van der Waals surface area contributed by atoms with Gasteiger partial charge in [0.05, 0.1) is 11.3 Å². The van der Waals surface area contributed by atoms with Gasteiger partial charge >= 0.3 is 0 Å². The van der Waals surface area contributed by atoms with Crippen LogP contribution in [0.2, 0.25) is 0 Å². The molecule has 1 aromatic rings. The quantitative estimate of drug-likeness (QED) is 0.760. The first kappa shape index (κ1) is 19.4. The lowest BCUT2D eigenvalue weighted by Crippen LogP contribution is -2.33. The molecule has 0 aliphatic carbocycles. The van der Waals surface area contributed by atoms with Gasteiger partial charge < -0.3 is 15.3 Å². The zero-order chi connectivity index (χ0) is 18.4. The van der Waals surface area contributed by atoms with E-state index < -0.39 is 0 Å². The molecule has 5 heteroatoms. The lowest BCUT2D eigenvalue weighted by Gasteiger charge is -2.22. The van der Waals surface area contributed by atoms with E-state index in [0.717, 1.165) is 18.4 Å². The van der Waals surface area contributed by atoms with Gasteiger partial charge in [-0.25, -0.2) is 0 Å². The normalized spacial score (nSPS) is 15.7. The summed E-state index contributed by atoms with van der Waals surface area (Å²) >= 11 is 0. The number of hydrogen-bond acceptors (Lipinski definition) is 3. The van der Waals surface area contributed by atoms with Gasteiger partial charge in [0.1, 0.15) is 0 Å². The molecule has 0 saturated carbocycles. The van der Waals surface area contributed by atoms with E-state index in [2.05, 4.69) is 19.2 Å². The fraction of sp³-hybridized carbons (Fsp3) is 0.600. The predicted octanol–water partition coefficient (Wildman–Crippen LogP) is 2.90. The lowest BCUT2D eigenvalue weighted by molar-refractivity contribution is -0.117. The first-order valence-corrected chi connectivity index (χ1v) is 9.22. The monoisotopic (exact) mass is 346 g/mol. The number of nitrogens with one attached hydrogen (secondary N) is 1. The number of hydrogen-bond donors (Lipinski definition) is 2. The molecule has 1 heterocycles. The Morgan fingerprint density at radius 1 is 1.36 bits per heavy atom. The Morgan fingerprint density at radius 3 is 2.72 bits per heavy atom. The molecule has 1 aromatic carbocycles. The molecule has 0 bridgehead atoms. The van der Waals surface area contributed by atoms with Gasteiger partial charge in [0.25, 0.3) is 5.91 Å². The maximum atomic E-state index is 12.8. The average Bonchev–Trinajstić information content (AvgIpc) is 2.98. The Bertz CT molecular complexity index is 613. The van der Waals surface area contributed by atoms with Crippen molar-refractivity contribution in [1.82, 2.24) is 5.32 Å². The van der Waals surface area contributed by atoms with Crippen LogP contribution in [0, 0.1) is 18.8 Å². The number of carbonyl (C=O) groups is 2. The van der Waals surface area contributed by atoms with Crippen LogP contribution in [0.25, 0.3) is 0 Å². The number of anilines is 1. The standard InChI is InChI=1S/C20H30N2O3/c1-14(2)11-16(8-10-23)13-21-20(25)17-12-15(3)6-7-18(17)22-9-4-5-19(22)24/h6-7,12,14,16,23H,4-5,8-11,13H2,1-3H3,(H,21,25). The van der Waals surface area contributed by atoms with Crippen molar-refractivity contribution in [1.29, 1.82) is 0 Å². The third-order valence-electron chi connectivity index (χ3n) is 4.65. The second-order valence-electron chi connectivity index (χ2n) is 7.39. The highest BCUT2D eigenvalue weighted by Crippen LogP contribution is 2.26. The summed E-state index contributed by atoms with van der Waals surface area (Å²) in [4.78, 5) is 26.6. The van der Waals surface area contributed by atoms with Crippen molar-refractivity contribution in [3.05, 3.63) is 29.3 Å². The van der Waals surface area contributed by atoms with Gasteiger partial charge in [-0.3, -0.25) is 9.59 Å². The van der Waals surface area contributed by atoms with Crippen molar-refractivity contribution in [2.45, 2.75) is 46.5 Å². The minimum atomic E-state index is -0.148. The topological polar surface area (TPSA) is 69.6 Å². The third-order valence-corrected chi connectivity index (χ3v) is 4.65. The molecule has 1 unspecified atom stereocenters. The van der Waals surface area contributed by atoms with Crippen LogP contribution in [0.15, 0.2) is 18.2 Å². The molecule has 1 aliphatic heterocycles. The summed E-state index contributed by atoms with van der Waals surface area (Å²) in [5.41, 5.74) is 2.25. The van der Waals surface area contributed by atoms with Crippen LogP contribution in [0.3, 0.4) is 0 Å². The van der Waals surface area contributed by atoms with Crippen LogP contribution < -0.4 is 10.2 Å². The molecule has 2 N–H and O–H groups in total. The Morgan fingerprint density at radius 2 is 2.12 bits per heavy atom. The molecule has 1 aliphatic rings. The Hall–Kier alpha value is -1.88. The summed E-state index contributed by atoms with van der Waals surface area (Å²) in [7, 11) is 0. The van der Waals surface area contributed by atoms with Gasteiger partial charge in [-0.05, 0) is 50.2 Å². The van der Waals surface area contributed by atoms with Gasteiger partial charge in [-0.1, -0.05) is 25.5 Å². The molecule has 0 spiro atoms. The second-order valence-corrected chi connectivity index (χ2v) is 7.39. The smallest absolute Gasteiger partial charge is 0.253 e. The highest BCUT2D eigenvalue weighted by atomic mass is 16.3. The van der Waals surface area contributed by atoms with E-state index in [1.54, 1.807) is 4.90 Å². The molecule has 2 rings (SSSR count).